The predicted molar refractivity (Wildman–Crippen MR) is 108 cm³/mol. The molecular weight excluding hydrogens is 435 g/mol. The molecule has 0 aliphatic carbocycles. The van der Waals surface area contributed by atoms with Gasteiger partial charge in [0.25, 0.3) is 0 Å². The highest BCUT2D eigenvalue weighted by molar-refractivity contribution is 14.0. The van der Waals surface area contributed by atoms with Gasteiger partial charge in [-0.25, -0.2) is 4.99 Å². The zero-order chi connectivity index (χ0) is 17.6. The second-order valence-corrected chi connectivity index (χ2v) is 6.27. The number of likely N-dealkylation sites (tertiary alicyclic amines) is 1. The first kappa shape index (κ1) is 21.8. The highest BCUT2D eigenvalue weighted by Gasteiger charge is 2.28. The summed E-state index contributed by atoms with van der Waals surface area (Å²) in [6.07, 6.45) is 2.96. The molecule has 3 N–H and O–H groups in total. The molecule has 8 heteroatoms. The van der Waals surface area contributed by atoms with Gasteiger partial charge in [0.05, 0.1) is 12.8 Å². The third-order valence-electron chi connectivity index (χ3n) is 4.13. The minimum Gasteiger partial charge on any atom is -0.466 e. The first-order valence-corrected chi connectivity index (χ1v) is 8.55. The number of aliphatic hydroxyl groups is 1. The van der Waals surface area contributed by atoms with Gasteiger partial charge in [0.15, 0.2) is 5.96 Å². The summed E-state index contributed by atoms with van der Waals surface area (Å²) in [5.41, 5.74) is -1.16. The fourth-order valence-corrected chi connectivity index (χ4v) is 2.74. The quantitative estimate of drug-likeness (QED) is 0.339. The van der Waals surface area contributed by atoms with Crippen molar-refractivity contribution < 1.29 is 14.3 Å². The highest BCUT2D eigenvalue weighted by atomic mass is 127. The van der Waals surface area contributed by atoms with Crippen molar-refractivity contribution in [3.05, 3.63) is 24.2 Å². The van der Waals surface area contributed by atoms with E-state index in [1.54, 1.807) is 19.1 Å². The molecule has 1 aromatic rings. The summed E-state index contributed by atoms with van der Waals surface area (Å²) in [6.45, 7) is 7.91. The zero-order valence-corrected chi connectivity index (χ0v) is 17.4. The van der Waals surface area contributed by atoms with Crippen molar-refractivity contribution in [2.75, 3.05) is 26.2 Å². The van der Waals surface area contributed by atoms with E-state index in [9.17, 15) is 9.90 Å². The summed E-state index contributed by atoms with van der Waals surface area (Å²) >= 11 is 0. The SMILES string of the molecule is CCNC(=NCC(C)(O)c1ccco1)NC1CCN(C(=O)CC)C1.I. The Hall–Kier alpha value is -1.29. The molecule has 1 amide bonds. The standard InChI is InChI=1S/C17H28N4O3.HI/c1-4-15(22)21-9-8-13(11-21)20-16(18-5-2)19-12-17(3,23)14-7-6-10-24-14;/h6-7,10,13,23H,4-5,8-9,11-12H2,1-3H3,(H2,18,19,20);1H. The third-order valence-corrected chi connectivity index (χ3v) is 4.13. The average Bonchev–Trinajstić information content (AvgIpc) is 3.24. The summed E-state index contributed by atoms with van der Waals surface area (Å²) in [5.74, 6) is 1.31. The van der Waals surface area contributed by atoms with Gasteiger partial charge >= 0.3 is 0 Å². The molecule has 0 saturated carbocycles. The summed E-state index contributed by atoms with van der Waals surface area (Å²) in [6, 6.07) is 3.66. The molecule has 1 aliphatic heterocycles. The first-order valence-electron chi connectivity index (χ1n) is 8.55. The number of hydrogen-bond acceptors (Lipinski definition) is 4. The van der Waals surface area contributed by atoms with E-state index in [-0.39, 0.29) is 42.5 Å². The van der Waals surface area contributed by atoms with Crippen molar-refractivity contribution in [1.82, 2.24) is 15.5 Å². The number of amides is 1. The molecule has 1 fully saturated rings. The van der Waals surface area contributed by atoms with Crippen molar-refractivity contribution >= 4 is 35.8 Å². The van der Waals surface area contributed by atoms with Crippen LogP contribution in [-0.2, 0) is 10.4 Å². The lowest BCUT2D eigenvalue weighted by atomic mass is 10.0. The maximum absolute atomic E-state index is 11.8. The van der Waals surface area contributed by atoms with Crippen molar-refractivity contribution in [1.29, 1.82) is 0 Å². The van der Waals surface area contributed by atoms with Gasteiger partial charge in [0.2, 0.25) is 5.91 Å². The normalized spacial score (nSPS) is 19.9. The third kappa shape index (κ3) is 6.18. The number of halogens is 1. The lowest BCUT2D eigenvalue weighted by Crippen LogP contribution is -2.45. The van der Waals surface area contributed by atoms with Crippen LogP contribution in [0.25, 0.3) is 0 Å². The van der Waals surface area contributed by atoms with Gasteiger partial charge in [-0.1, -0.05) is 6.92 Å². The lowest BCUT2D eigenvalue weighted by Gasteiger charge is -2.21. The maximum Gasteiger partial charge on any atom is 0.222 e. The van der Waals surface area contributed by atoms with Gasteiger partial charge in [-0.2, -0.15) is 0 Å². The Balaban J connectivity index is 0.00000312. The summed E-state index contributed by atoms with van der Waals surface area (Å²) in [5, 5.41) is 17.0. The monoisotopic (exact) mass is 464 g/mol. The number of nitrogens with one attached hydrogen (secondary N) is 2. The van der Waals surface area contributed by atoms with Gasteiger partial charge in [-0.3, -0.25) is 4.79 Å². The van der Waals surface area contributed by atoms with E-state index in [0.29, 0.717) is 24.7 Å². The summed E-state index contributed by atoms with van der Waals surface area (Å²) in [7, 11) is 0. The van der Waals surface area contributed by atoms with E-state index in [1.807, 2.05) is 18.7 Å². The van der Waals surface area contributed by atoms with Gasteiger partial charge < -0.3 is 25.1 Å². The summed E-state index contributed by atoms with van der Waals surface area (Å²) < 4.78 is 5.27. The van der Waals surface area contributed by atoms with Crippen LogP contribution in [0.1, 0.15) is 39.4 Å². The van der Waals surface area contributed by atoms with E-state index in [2.05, 4.69) is 15.6 Å². The van der Waals surface area contributed by atoms with E-state index in [1.165, 1.54) is 6.26 Å². The molecule has 0 aromatic carbocycles. The number of furan rings is 1. The molecule has 0 spiro atoms. The molecule has 0 bridgehead atoms. The van der Waals surface area contributed by atoms with Crippen LogP contribution >= 0.6 is 24.0 Å². The number of carbonyl (C=O) groups excluding carboxylic acids is 1. The zero-order valence-electron chi connectivity index (χ0n) is 15.1. The molecule has 2 atom stereocenters. The Kier molecular flexibility index (Phi) is 8.70. The number of rotatable bonds is 6. The number of aliphatic imine (C=N–C) groups is 1. The van der Waals surface area contributed by atoms with Crippen molar-refractivity contribution in [2.24, 2.45) is 4.99 Å². The second-order valence-electron chi connectivity index (χ2n) is 6.27. The fraction of sp³-hybridized carbons (Fsp3) is 0.647. The van der Waals surface area contributed by atoms with Crippen molar-refractivity contribution in [2.45, 2.75) is 45.3 Å². The number of carbonyl (C=O) groups is 1. The minimum atomic E-state index is -1.16. The fourth-order valence-electron chi connectivity index (χ4n) is 2.74. The van der Waals surface area contributed by atoms with Crippen LogP contribution in [-0.4, -0.2) is 54.1 Å². The van der Waals surface area contributed by atoms with E-state index in [0.717, 1.165) is 19.5 Å². The molecular formula is C17H29IN4O3. The summed E-state index contributed by atoms with van der Waals surface area (Å²) in [4.78, 5) is 18.1. The van der Waals surface area contributed by atoms with Crippen LogP contribution in [0, 0.1) is 0 Å². The van der Waals surface area contributed by atoms with E-state index < -0.39 is 5.60 Å². The largest absolute Gasteiger partial charge is 0.466 e. The molecule has 7 nitrogen and oxygen atoms in total. The Morgan fingerprint density at radius 1 is 1.52 bits per heavy atom. The molecule has 142 valence electrons. The molecule has 1 aromatic heterocycles. The minimum absolute atomic E-state index is 0. The van der Waals surface area contributed by atoms with Crippen LogP contribution in [0.2, 0.25) is 0 Å². The number of hydrogen-bond donors (Lipinski definition) is 3. The Morgan fingerprint density at radius 3 is 2.88 bits per heavy atom. The van der Waals surface area contributed by atoms with Gasteiger partial charge in [0.1, 0.15) is 11.4 Å². The molecule has 1 aliphatic rings. The van der Waals surface area contributed by atoms with Crippen LogP contribution in [0.4, 0.5) is 0 Å². The van der Waals surface area contributed by atoms with Crippen molar-refractivity contribution in [3.8, 4) is 0 Å². The molecule has 25 heavy (non-hydrogen) atoms. The lowest BCUT2D eigenvalue weighted by molar-refractivity contribution is -0.129. The molecule has 2 heterocycles. The molecule has 2 unspecified atom stereocenters. The smallest absolute Gasteiger partial charge is 0.222 e. The van der Waals surface area contributed by atoms with E-state index in [4.69, 9.17) is 4.42 Å². The second kappa shape index (κ2) is 10.0. The van der Waals surface area contributed by atoms with Crippen molar-refractivity contribution in [3.63, 3.8) is 0 Å². The van der Waals surface area contributed by atoms with Gasteiger partial charge in [-0.05, 0) is 32.4 Å². The number of nitrogens with zero attached hydrogens (tertiary/aromatic N) is 2. The highest BCUT2D eigenvalue weighted by Crippen LogP contribution is 2.21. The predicted octanol–water partition coefficient (Wildman–Crippen LogP) is 1.67. The molecule has 0 radical (unpaired) electrons. The molecule has 2 rings (SSSR count). The maximum atomic E-state index is 11.8. The Morgan fingerprint density at radius 2 is 2.28 bits per heavy atom. The Bertz CT molecular complexity index is 560. The van der Waals surface area contributed by atoms with Crippen LogP contribution in [0.15, 0.2) is 27.8 Å². The Labute approximate surface area is 166 Å². The number of guanidine groups is 1. The first-order chi connectivity index (χ1) is 11.5. The van der Waals surface area contributed by atoms with Crippen LogP contribution in [0.5, 0.6) is 0 Å². The van der Waals surface area contributed by atoms with E-state index >= 15 is 0 Å². The van der Waals surface area contributed by atoms with Crippen LogP contribution in [0.3, 0.4) is 0 Å². The average molecular weight is 464 g/mol. The van der Waals surface area contributed by atoms with Gasteiger partial charge in [-0.15, -0.1) is 24.0 Å². The van der Waals surface area contributed by atoms with Gasteiger partial charge in [0, 0.05) is 32.1 Å². The topological polar surface area (TPSA) is 90.1 Å². The van der Waals surface area contributed by atoms with Crippen LogP contribution < -0.4 is 10.6 Å². The molecule has 1 saturated heterocycles.